The molecule has 0 atom stereocenters. The second kappa shape index (κ2) is 4.21. The van der Waals surface area contributed by atoms with Gasteiger partial charge in [0.15, 0.2) is 5.69 Å². The lowest BCUT2D eigenvalue weighted by atomic mass is 10.3. The van der Waals surface area contributed by atoms with E-state index in [1.165, 1.54) is 28.2 Å². The summed E-state index contributed by atoms with van der Waals surface area (Å²) < 4.78 is 1.38. The van der Waals surface area contributed by atoms with Crippen molar-refractivity contribution >= 4 is 56.2 Å². The number of halogens is 2. The third-order valence-electron chi connectivity index (χ3n) is 1.64. The first-order valence-electron chi connectivity index (χ1n) is 3.71. The Hall–Kier alpha value is -0.430. The zero-order valence-electron chi connectivity index (χ0n) is 7.03. The Morgan fingerprint density at radius 3 is 2.87 bits per heavy atom. The van der Waals surface area contributed by atoms with Gasteiger partial charge in [-0.25, -0.2) is 9.78 Å². The molecule has 78 valence electrons. The van der Waals surface area contributed by atoms with Crippen molar-refractivity contribution in [2.75, 3.05) is 0 Å². The third-order valence-corrected chi connectivity index (χ3v) is 5.12. The summed E-state index contributed by atoms with van der Waals surface area (Å²) in [6.45, 7) is 0. The number of carboxylic acid groups (broad SMARTS) is 1. The third kappa shape index (κ3) is 2.08. The van der Waals surface area contributed by atoms with Crippen molar-refractivity contribution in [3.05, 3.63) is 26.1 Å². The predicted octanol–water partition coefficient (Wildman–Crippen LogP) is 3.99. The number of nitrogens with zero attached hydrogens (tertiary/aromatic N) is 1. The van der Waals surface area contributed by atoms with Crippen molar-refractivity contribution in [2.24, 2.45) is 0 Å². The van der Waals surface area contributed by atoms with Gasteiger partial charge in [0, 0.05) is 9.35 Å². The lowest BCUT2D eigenvalue weighted by Crippen LogP contribution is -1.97. The van der Waals surface area contributed by atoms with Crippen LogP contribution in [-0.2, 0) is 0 Å². The van der Waals surface area contributed by atoms with E-state index >= 15 is 0 Å². The summed E-state index contributed by atoms with van der Waals surface area (Å²) >= 11 is 11.8. The van der Waals surface area contributed by atoms with Gasteiger partial charge in [0.1, 0.15) is 4.34 Å². The Morgan fingerprint density at radius 2 is 2.33 bits per heavy atom. The molecule has 0 aliphatic heterocycles. The molecule has 0 aliphatic carbocycles. The van der Waals surface area contributed by atoms with Crippen LogP contribution in [0.25, 0.3) is 9.75 Å². The van der Waals surface area contributed by atoms with Crippen LogP contribution in [0.5, 0.6) is 0 Å². The van der Waals surface area contributed by atoms with E-state index < -0.39 is 5.97 Å². The first-order chi connectivity index (χ1) is 7.09. The topological polar surface area (TPSA) is 50.2 Å². The van der Waals surface area contributed by atoms with E-state index in [4.69, 9.17) is 16.7 Å². The zero-order valence-corrected chi connectivity index (χ0v) is 11.0. The Morgan fingerprint density at radius 1 is 1.60 bits per heavy atom. The van der Waals surface area contributed by atoms with Gasteiger partial charge < -0.3 is 5.11 Å². The molecule has 0 spiro atoms. The van der Waals surface area contributed by atoms with Crippen molar-refractivity contribution in [3.8, 4) is 9.75 Å². The van der Waals surface area contributed by atoms with Gasteiger partial charge in [0.2, 0.25) is 0 Å². The Kier molecular flexibility index (Phi) is 3.11. The number of aromatic nitrogens is 1. The van der Waals surface area contributed by atoms with Gasteiger partial charge in [0.05, 0.1) is 10.4 Å². The van der Waals surface area contributed by atoms with Crippen molar-refractivity contribution in [1.82, 2.24) is 4.98 Å². The van der Waals surface area contributed by atoms with Gasteiger partial charge in [-0.2, -0.15) is 0 Å². The number of carboxylic acids is 1. The first kappa shape index (κ1) is 11.1. The number of hydrogen-bond donors (Lipinski definition) is 1. The average molecular weight is 325 g/mol. The van der Waals surface area contributed by atoms with E-state index in [2.05, 4.69) is 20.9 Å². The molecule has 0 unspecified atom stereocenters. The van der Waals surface area contributed by atoms with Crippen molar-refractivity contribution in [2.45, 2.75) is 0 Å². The molecule has 0 bridgehead atoms. The lowest BCUT2D eigenvalue weighted by molar-refractivity contribution is 0.0692. The minimum atomic E-state index is -1.02. The number of thiophene rings is 1. The minimum Gasteiger partial charge on any atom is -0.476 e. The van der Waals surface area contributed by atoms with E-state index in [-0.39, 0.29) is 5.69 Å². The number of rotatable bonds is 2. The van der Waals surface area contributed by atoms with Crippen LogP contribution in [0.3, 0.4) is 0 Å². The van der Waals surface area contributed by atoms with Gasteiger partial charge in [-0.15, -0.1) is 22.7 Å². The fourth-order valence-electron chi connectivity index (χ4n) is 1.03. The fourth-order valence-corrected chi connectivity index (χ4v) is 3.63. The standard InChI is InChI=1S/C8H3BrClNO2S2/c9-3-1-4(15-7(3)10)6-5(8(12)13)11-2-14-6/h1-2H,(H,12,13). The Labute approximate surface area is 106 Å². The van der Waals surface area contributed by atoms with Gasteiger partial charge in [-0.1, -0.05) is 11.6 Å². The van der Waals surface area contributed by atoms with Crippen molar-refractivity contribution < 1.29 is 9.90 Å². The van der Waals surface area contributed by atoms with Gasteiger partial charge in [-0.05, 0) is 22.0 Å². The molecule has 0 radical (unpaired) electrons. The van der Waals surface area contributed by atoms with Gasteiger partial charge in [-0.3, -0.25) is 0 Å². The smallest absolute Gasteiger partial charge is 0.356 e. The summed E-state index contributed by atoms with van der Waals surface area (Å²) in [5.74, 6) is -1.02. The monoisotopic (exact) mass is 323 g/mol. The molecular weight excluding hydrogens is 322 g/mol. The molecule has 0 saturated heterocycles. The number of hydrogen-bond acceptors (Lipinski definition) is 4. The minimum absolute atomic E-state index is 0.0745. The molecule has 7 heteroatoms. The van der Waals surface area contributed by atoms with E-state index in [1.54, 1.807) is 6.07 Å². The maximum absolute atomic E-state index is 10.9. The summed E-state index contributed by atoms with van der Waals surface area (Å²) in [6, 6.07) is 1.80. The molecule has 1 N–H and O–H groups in total. The van der Waals surface area contributed by atoms with E-state index in [1.807, 2.05) is 0 Å². The second-order valence-electron chi connectivity index (χ2n) is 2.57. The molecule has 0 saturated carbocycles. The largest absolute Gasteiger partial charge is 0.476 e. The molecule has 2 aromatic rings. The molecule has 0 amide bonds. The normalized spacial score (nSPS) is 10.5. The molecular formula is C8H3BrClNO2S2. The highest BCUT2D eigenvalue weighted by Crippen LogP contribution is 2.40. The van der Waals surface area contributed by atoms with Gasteiger partial charge in [0.25, 0.3) is 0 Å². The Bertz CT molecular complexity index is 503. The molecule has 2 rings (SSSR count). The first-order valence-corrected chi connectivity index (χ1v) is 6.58. The molecule has 15 heavy (non-hydrogen) atoms. The molecule has 0 aliphatic rings. The van der Waals surface area contributed by atoms with Crippen LogP contribution in [0.1, 0.15) is 10.5 Å². The SMILES string of the molecule is O=C(O)c1ncsc1-c1cc(Br)c(Cl)s1. The molecule has 2 aromatic heterocycles. The quantitative estimate of drug-likeness (QED) is 0.909. The summed E-state index contributed by atoms with van der Waals surface area (Å²) in [5, 5.41) is 8.90. The number of thiazole rings is 1. The van der Waals surface area contributed by atoms with Gasteiger partial charge >= 0.3 is 5.97 Å². The summed E-state index contributed by atoms with van der Waals surface area (Å²) in [5.41, 5.74) is 1.59. The molecule has 0 aromatic carbocycles. The number of aromatic carboxylic acids is 1. The maximum Gasteiger partial charge on any atom is 0.356 e. The maximum atomic E-state index is 10.9. The Balaban J connectivity index is 2.54. The number of carbonyl (C=O) groups is 1. The summed E-state index contributed by atoms with van der Waals surface area (Å²) in [6.07, 6.45) is 0. The molecule has 2 heterocycles. The molecule has 3 nitrogen and oxygen atoms in total. The predicted molar refractivity (Wildman–Crippen MR) is 65.1 cm³/mol. The van der Waals surface area contributed by atoms with Crippen LogP contribution < -0.4 is 0 Å². The average Bonchev–Trinajstić information content (AvgIpc) is 2.73. The summed E-state index contributed by atoms with van der Waals surface area (Å²) in [4.78, 5) is 16.1. The van der Waals surface area contributed by atoms with E-state index in [9.17, 15) is 4.79 Å². The highest BCUT2D eigenvalue weighted by molar-refractivity contribution is 9.10. The highest BCUT2D eigenvalue weighted by atomic mass is 79.9. The van der Waals surface area contributed by atoms with Crippen LogP contribution in [0.2, 0.25) is 4.34 Å². The summed E-state index contributed by atoms with van der Waals surface area (Å²) in [7, 11) is 0. The highest BCUT2D eigenvalue weighted by Gasteiger charge is 2.17. The lowest BCUT2D eigenvalue weighted by Gasteiger charge is -1.92. The van der Waals surface area contributed by atoms with E-state index in [0.717, 1.165) is 9.35 Å². The van der Waals surface area contributed by atoms with Crippen LogP contribution >= 0.6 is 50.2 Å². The van der Waals surface area contributed by atoms with Crippen LogP contribution in [0.4, 0.5) is 0 Å². The second-order valence-corrected chi connectivity index (χ2v) is 5.93. The van der Waals surface area contributed by atoms with Crippen molar-refractivity contribution in [1.29, 1.82) is 0 Å². The van der Waals surface area contributed by atoms with Crippen molar-refractivity contribution in [3.63, 3.8) is 0 Å². The van der Waals surface area contributed by atoms with Crippen LogP contribution in [0, 0.1) is 0 Å². The fraction of sp³-hybridized carbons (Fsp3) is 0. The molecule has 0 fully saturated rings. The van der Waals surface area contributed by atoms with Crippen LogP contribution in [-0.4, -0.2) is 16.1 Å². The zero-order chi connectivity index (χ0) is 11.0. The van der Waals surface area contributed by atoms with E-state index in [0.29, 0.717) is 9.21 Å². The van der Waals surface area contributed by atoms with Crippen LogP contribution in [0.15, 0.2) is 16.0 Å².